The van der Waals surface area contributed by atoms with Crippen molar-refractivity contribution in [3.8, 4) is 0 Å². The fourth-order valence-corrected chi connectivity index (χ4v) is 3.28. The molecule has 1 fully saturated rings. The van der Waals surface area contributed by atoms with Crippen LogP contribution in [0.25, 0.3) is 10.9 Å². The Morgan fingerprint density at radius 2 is 2.00 bits per heavy atom. The Kier molecular flexibility index (Phi) is 4.46. The number of aromatic nitrogens is 2. The molecule has 1 aromatic carbocycles. The highest BCUT2D eigenvalue weighted by Crippen LogP contribution is 2.19. The molecule has 23 heavy (non-hydrogen) atoms. The van der Waals surface area contributed by atoms with E-state index >= 15 is 0 Å². The Morgan fingerprint density at radius 1 is 1.22 bits per heavy atom. The number of fused-ring (bicyclic) bond motifs is 1. The van der Waals surface area contributed by atoms with E-state index in [1.54, 1.807) is 6.20 Å². The van der Waals surface area contributed by atoms with Gasteiger partial charge >= 0.3 is 0 Å². The second-order valence-electron chi connectivity index (χ2n) is 6.44. The largest absolute Gasteiger partial charge is 0.340 e. The number of benzene rings is 1. The molecule has 1 atom stereocenters. The number of carbonyl (C=O) groups excluding carboxylic acids is 2. The van der Waals surface area contributed by atoms with Crippen LogP contribution in [0.4, 0.5) is 0 Å². The molecule has 2 heterocycles. The molecule has 1 saturated heterocycles. The standard InChI is InChI=1S/C18H23N3O2/c1-13-6-7-16-15(11-13)12-19-21(16)18(23)9-8-17(22)20-10-4-3-5-14(20)2/h6-7,11-12,14H,3-5,8-10H2,1-2H3. The SMILES string of the molecule is Cc1ccc2c(cnn2C(=O)CCC(=O)N2CCCCC2C)c1. The van der Waals surface area contributed by atoms with E-state index in [2.05, 4.69) is 12.0 Å². The average Bonchev–Trinajstić information content (AvgIpc) is 2.95. The second-order valence-corrected chi connectivity index (χ2v) is 6.44. The van der Waals surface area contributed by atoms with Crippen molar-refractivity contribution in [2.24, 2.45) is 0 Å². The van der Waals surface area contributed by atoms with Gasteiger partial charge in [-0.15, -0.1) is 0 Å². The summed E-state index contributed by atoms with van der Waals surface area (Å²) < 4.78 is 1.42. The van der Waals surface area contributed by atoms with E-state index in [0.29, 0.717) is 6.04 Å². The summed E-state index contributed by atoms with van der Waals surface area (Å²) >= 11 is 0. The number of likely N-dealkylation sites (tertiary alicyclic amines) is 1. The van der Waals surface area contributed by atoms with Crippen LogP contribution in [0.15, 0.2) is 24.4 Å². The summed E-state index contributed by atoms with van der Waals surface area (Å²) in [6, 6.07) is 6.17. The van der Waals surface area contributed by atoms with Gasteiger partial charge in [0.05, 0.1) is 11.7 Å². The first-order valence-corrected chi connectivity index (χ1v) is 8.33. The van der Waals surface area contributed by atoms with Gasteiger partial charge in [0, 0.05) is 30.8 Å². The highest BCUT2D eigenvalue weighted by Gasteiger charge is 2.23. The number of amides is 1. The maximum atomic E-state index is 12.4. The lowest BCUT2D eigenvalue weighted by atomic mass is 10.0. The van der Waals surface area contributed by atoms with Crippen molar-refractivity contribution in [3.05, 3.63) is 30.0 Å². The zero-order valence-electron chi connectivity index (χ0n) is 13.8. The van der Waals surface area contributed by atoms with Crippen molar-refractivity contribution >= 4 is 22.7 Å². The summed E-state index contributed by atoms with van der Waals surface area (Å²) in [7, 11) is 0. The lowest BCUT2D eigenvalue weighted by molar-refractivity contribution is -0.134. The first-order chi connectivity index (χ1) is 11.1. The smallest absolute Gasteiger partial charge is 0.247 e. The van der Waals surface area contributed by atoms with E-state index < -0.39 is 0 Å². The molecule has 0 aliphatic carbocycles. The number of piperidine rings is 1. The fourth-order valence-electron chi connectivity index (χ4n) is 3.28. The summed E-state index contributed by atoms with van der Waals surface area (Å²) in [4.78, 5) is 26.7. The van der Waals surface area contributed by atoms with E-state index in [9.17, 15) is 9.59 Å². The average molecular weight is 313 g/mol. The molecule has 1 aliphatic rings. The van der Waals surface area contributed by atoms with Gasteiger partial charge in [0.25, 0.3) is 0 Å². The molecule has 0 N–H and O–H groups in total. The summed E-state index contributed by atoms with van der Waals surface area (Å²) in [5, 5.41) is 5.14. The fraction of sp³-hybridized carbons (Fsp3) is 0.500. The summed E-state index contributed by atoms with van der Waals surface area (Å²) in [5.74, 6) is -0.0419. The van der Waals surface area contributed by atoms with Crippen molar-refractivity contribution in [1.29, 1.82) is 0 Å². The van der Waals surface area contributed by atoms with Crippen LogP contribution in [-0.2, 0) is 4.79 Å². The van der Waals surface area contributed by atoms with Gasteiger partial charge in [-0.3, -0.25) is 9.59 Å². The van der Waals surface area contributed by atoms with E-state index in [-0.39, 0.29) is 24.7 Å². The predicted octanol–water partition coefficient (Wildman–Crippen LogP) is 3.17. The molecule has 5 heteroatoms. The molecule has 1 aromatic heterocycles. The van der Waals surface area contributed by atoms with Crippen molar-refractivity contribution in [2.45, 2.75) is 52.0 Å². The van der Waals surface area contributed by atoms with Crippen molar-refractivity contribution < 1.29 is 9.59 Å². The third kappa shape index (κ3) is 3.28. The molecular weight excluding hydrogens is 290 g/mol. The lowest BCUT2D eigenvalue weighted by Crippen LogP contribution is -2.42. The Labute approximate surface area is 136 Å². The van der Waals surface area contributed by atoms with E-state index in [1.807, 2.05) is 30.0 Å². The molecule has 122 valence electrons. The number of carbonyl (C=O) groups is 2. The van der Waals surface area contributed by atoms with Gasteiger partial charge in [-0.25, -0.2) is 4.68 Å². The molecular formula is C18H23N3O2. The molecule has 5 nitrogen and oxygen atoms in total. The molecule has 0 radical (unpaired) electrons. The van der Waals surface area contributed by atoms with Crippen LogP contribution >= 0.6 is 0 Å². The third-order valence-electron chi connectivity index (χ3n) is 4.64. The second kappa shape index (κ2) is 6.52. The third-order valence-corrected chi connectivity index (χ3v) is 4.64. The lowest BCUT2D eigenvalue weighted by Gasteiger charge is -2.33. The minimum Gasteiger partial charge on any atom is -0.340 e. The molecule has 3 rings (SSSR count). The number of hydrogen-bond acceptors (Lipinski definition) is 3. The highest BCUT2D eigenvalue weighted by atomic mass is 16.2. The van der Waals surface area contributed by atoms with Crippen molar-refractivity contribution in [1.82, 2.24) is 14.7 Å². The van der Waals surface area contributed by atoms with Crippen LogP contribution in [-0.4, -0.2) is 39.1 Å². The minimum atomic E-state index is -0.123. The maximum Gasteiger partial charge on any atom is 0.247 e. The number of nitrogens with zero attached hydrogens (tertiary/aromatic N) is 3. The van der Waals surface area contributed by atoms with Gasteiger partial charge in [-0.1, -0.05) is 11.6 Å². The van der Waals surface area contributed by atoms with E-state index in [4.69, 9.17) is 0 Å². The van der Waals surface area contributed by atoms with Crippen molar-refractivity contribution in [3.63, 3.8) is 0 Å². The zero-order valence-corrected chi connectivity index (χ0v) is 13.8. The Hall–Kier alpha value is -2.17. The molecule has 1 aliphatic heterocycles. The first kappa shape index (κ1) is 15.7. The number of hydrogen-bond donors (Lipinski definition) is 0. The molecule has 0 bridgehead atoms. The highest BCUT2D eigenvalue weighted by molar-refractivity contribution is 5.92. The normalized spacial score (nSPS) is 18.3. The van der Waals surface area contributed by atoms with Gasteiger partial charge in [0.15, 0.2) is 0 Å². The van der Waals surface area contributed by atoms with Gasteiger partial charge in [-0.2, -0.15) is 5.10 Å². The first-order valence-electron chi connectivity index (χ1n) is 8.33. The van der Waals surface area contributed by atoms with Crippen LogP contribution in [0.3, 0.4) is 0 Å². The Bertz CT molecular complexity index is 735. The van der Waals surface area contributed by atoms with E-state index in [1.165, 1.54) is 11.1 Å². The topological polar surface area (TPSA) is 55.2 Å². The molecule has 2 aromatic rings. The van der Waals surface area contributed by atoms with Crippen LogP contribution in [0.1, 0.15) is 49.4 Å². The summed E-state index contributed by atoms with van der Waals surface area (Å²) in [6.45, 7) is 4.91. The van der Waals surface area contributed by atoms with Gasteiger partial charge < -0.3 is 4.90 Å². The zero-order chi connectivity index (χ0) is 16.4. The van der Waals surface area contributed by atoms with E-state index in [0.717, 1.165) is 35.9 Å². The summed E-state index contributed by atoms with van der Waals surface area (Å²) in [5.41, 5.74) is 1.94. The molecule has 1 amide bonds. The van der Waals surface area contributed by atoms with Crippen LogP contribution in [0.5, 0.6) is 0 Å². The number of rotatable bonds is 3. The Morgan fingerprint density at radius 3 is 2.78 bits per heavy atom. The van der Waals surface area contributed by atoms with Gasteiger partial charge in [0.1, 0.15) is 0 Å². The van der Waals surface area contributed by atoms with Gasteiger partial charge in [0.2, 0.25) is 11.8 Å². The van der Waals surface area contributed by atoms with Crippen LogP contribution < -0.4 is 0 Å². The van der Waals surface area contributed by atoms with Gasteiger partial charge in [-0.05, 0) is 45.2 Å². The maximum absolute atomic E-state index is 12.4. The monoisotopic (exact) mass is 313 g/mol. The molecule has 1 unspecified atom stereocenters. The van der Waals surface area contributed by atoms with Crippen LogP contribution in [0.2, 0.25) is 0 Å². The predicted molar refractivity (Wildman–Crippen MR) is 89.4 cm³/mol. The summed E-state index contributed by atoms with van der Waals surface area (Å²) in [6.07, 6.45) is 5.47. The molecule has 0 spiro atoms. The number of aryl methyl sites for hydroxylation is 1. The van der Waals surface area contributed by atoms with Crippen LogP contribution in [0, 0.1) is 6.92 Å². The van der Waals surface area contributed by atoms with Crippen molar-refractivity contribution in [2.75, 3.05) is 6.54 Å². The Balaban J connectivity index is 1.65. The molecule has 0 saturated carbocycles. The quantitative estimate of drug-likeness (QED) is 0.874. The minimum absolute atomic E-state index is 0.0813.